The highest BCUT2D eigenvalue weighted by atomic mass is 32.1. The van der Waals surface area contributed by atoms with Crippen LogP contribution in [0.25, 0.3) is 10.6 Å². The van der Waals surface area contributed by atoms with Gasteiger partial charge in [-0.15, -0.1) is 11.3 Å². The molecule has 0 aliphatic heterocycles. The highest BCUT2D eigenvalue weighted by molar-refractivity contribution is 7.13. The van der Waals surface area contributed by atoms with Crippen molar-refractivity contribution in [1.82, 2.24) is 15.8 Å². The maximum Gasteiger partial charge on any atom is 0.276 e. The van der Waals surface area contributed by atoms with Crippen molar-refractivity contribution in [2.45, 2.75) is 6.42 Å². The van der Waals surface area contributed by atoms with Crippen LogP contribution in [0.1, 0.15) is 11.3 Å². The van der Waals surface area contributed by atoms with Gasteiger partial charge in [0.2, 0.25) is 5.91 Å². The molecular weight excluding hydrogens is 395 g/mol. The number of benzene rings is 2. The highest BCUT2D eigenvalue weighted by Gasteiger charge is 2.11. The average Bonchev–Trinajstić information content (AvgIpc) is 3.19. The van der Waals surface area contributed by atoms with Crippen LogP contribution in [0.4, 0.5) is 4.39 Å². The molecule has 1 aromatic heterocycles. The molecule has 0 saturated carbocycles. The third-order valence-electron chi connectivity index (χ3n) is 3.67. The van der Waals surface area contributed by atoms with Gasteiger partial charge < -0.3 is 4.74 Å². The molecular formula is C20H15FN4O3S. The fourth-order valence-electron chi connectivity index (χ4n) is 2.35. The fourth-order valence-corrected chi connectivity index (χ4v) is 3.17. The smallest absolute Gasteiger partial charge is 0.276 e. The Balaban J connectivity index is 1.46. The number of carbonyl (C=O) groups excluding carboxylic acids is 2. The average molecular weight is 410 g/mol. The van der Waals surface area contributed by atoms with Crippen molar-refractivity contribution in [3.8, 4) is 22.4 Å². The number of hydrazine groups is 1. The van der Waals surface area contributed by atoms with E-state index in [0.717, 1.165) is 0 Å². The Hall–Kier alpha value is -3.77. The van der Waals surface area contributed by atoms with Crippen molar-refractivity contribution in [3.63, 3.8) is 0 Å². The van der Waals surface area contributed by atoms with Crippen LogP contribution < -0.4 is 15.6 Å². The van der Waals surface area contributed by atoms with Crippen LogP contribution in [0.15, 0.2) is 53.9 Å². The zero-order valence-electron chi connectivity index (χ0n) is 15.0. The Bertz CT molecular complexity index is 1080. The van der Waals surface area contributed by atoms with E-state index in [1.807, 2.05) is 6.07 Å². The Morgan fingerprint density at radius 2 is 1.93 bits per heavy atom. The number of thiazole rings is 1. The van der Waals surface area contributed by atoms with Gasteiger partial charge in [-0.25, -0.2) is 9.37 Å². The number of hydrogen-bond donors (Lipinski definition) is 2. The summed E-state index contributed by atoms with van der Waals surface area (Å²) in [5.41, 5.74) is 5.95. The Kier molecular flexibility index (Phi) is 6.50. The van der Waals surface area contributed by atoms with E-state index in [4.69, 9.17) is 10.00 Å². The molecule has 2 N–H and O–H groups in total. The van der Waals surface area contributed by atoms with Gasteiger partial charge in [0.05, 0.1) is 17.7 Å². The molecule has 29 heavy (non-hydrogen) atoms. The molecule has 0 spiro atoms. The van der Waals surface area contributed by atoms with Gasteiger partial charge in [0.25, 0.3) is 5.91 Å². The van der Waals surface area contributed by atoms with Gasteiger partial charge >= 0.3 is 0 Å². The Morgan fingerprint density at radius 1 is 1.14 bits per heavy atom. The summed E-state index contributed by atoms with van der Waals surface area (Å²) in [5, 5.41) is 11.3. The first-order chi connectivity index (χ1) is 14.0. The monoisotopic (exact) mass is 410 g/mol. The van der Waals surface area contributed by atoms with Crippen molar-refractivity contribution in [1.29, 1.82) is 5.26 Å². The predicted molar refractivity (Wildman–Crippen MR) is 104 cm³/mol. The van der Waals surface area contributed by atoms with Crippen molar-refractivity contribution in [3.05, 3.63) is 71.0 Å². The number of nitrogens with one attached hydrogen (secondary N) is 2. The predicted octanol–water partition coefficient (Wildman–Crippen LogP) is 2.59. The summed E-state index contributed by atoms with van der Waals surface area (Å²) in [6.07, 6.45) is -0.0514. The number of ether oxygens (including phenoxy) is 1. The molecule has 0 bridgehead atoms. The van der Waals surface area contributed by atoms with Crippen molar-refractivity contribution < 1.29 is 18.7 Å². The SMILES string of the molecule is N#Cc1ccccc1OCC(=O)NNC(=O)Cc1csc(-c2cccc(F)c2)n1. The third-order valence-corrected chi connectivity index (χ3v) is 4.61. The van der Waals surface area contributed by atoms with Crippen LogP contribution in [0.2, 0.25) is 0 Å². The summed E-state index contributed by atoms with van der Waals surface area (Å²) in [5.74, 6) is -1.13. The van der Waals surface area contributed by atoms with Gasteiger partial charge in [0.1, 0.15) is 22.6 Å². The van der Waals surface area contributed by atoms with Crippen LogP contribution in [-0.4, -0.2) is 23.4 Å². The normalized spacial score (nSPS) is 10.1. The van der Waals surface area contributed by atoms with Crippen LogP contribution >= 0.6 is 11.3 Å². The zero-order valence-corrected chi connectivity index (χ0v) is 15.8. The van der Waals surface area contributed by atoms with Crippen LogP contribution in [0.3, 0.4) is 0 Å². The number of nitriles is 1. The summed E-state index contributed by atoms with van der Waals surface area (Å²) in [6, 6.07) is 14.5. The molecule has 0 aliphatic carbocycles. The number of halogens is 1. The minimum atomic E-state index is -0.579. The lowest BCUT2D eigenvalue weighted by atomic mass is 10.2. The van der Waals surface area contributed by atoms with Crippen molar-refractivity contribution in [2.75, 3.05) is 6.61 Å². The third kappa shape index (κ3) is 5.60. The highest BCUT2D eigenvalue weighted by Crippen LogP contribution is 2.24. The quantitative estimate of drug-likeness (QED) is 0.608. The summed E-state index contributed by atoms with van der Waals surface area (Å²) in [7, 11) is 0. The number of hydrogen-bond acceptors (Lipinski definition) is 6. The number of para-hydroxylation sites is 1. The second-order valence-corrected chi connectivity index (χ2v) is 6.68. The number of rotatable bonds is 6. The maximum atomic E-state index is 13.3. The molecule has 0 radical (unpaired) electrons. The van der Waals surface area contributed by atoms with Gasteiger partial charge in [-0.1, -0.05) is 24.3 Å². The number of carbonyl (C=O) groups is 2. The molecule has 9 heteroatoms. The molecule has 0 atom stereocenters. The summed E-state index contributed by atoms with van der Waals surface area (Å²) < 4.78 is 18.6. The zero-order chi connectivity index (χ0) is 20.6. The molecule has 3 aromatic rings. The standard InChI is InChI=1S/C20H15FN4O3S/c21-15-6-3-5-13(8-15)20-23-16(12-29-20)9-18(26)24-25-19(27)11-28-17-7-2-1-4-14(17)10-22/h1-8,12H,9,11H2,(H,24,26)(H,25,27). The van der Waals surface area contributed by atoms with E-state index < -0.39 is 11.8 Å². The summed E-state index contributed by atoms with van der Waals surface area (Å²) in [4.78, 5) is 28.1. The van der Waals surface area contributed by atoms with E-state index in [9.17, 15) is 14.0 Å². The minimum absolute atomic E-state index is 0.0514. The van der Waals surface area contributed by atoms with Gasteiger partial charge in [-0.2, -0.15) is 5.26 Å². The number of aromatic nitrogens is 1. The van der Waals surface area contributed by atoms with Crippen LogP contribution in [0.5, 0.6) is 5.75 Å². The Morgan fingerprint density at radius 3 is 2.72 bits per heavy atom. The fraction of sp³-hybridized carbons (Fsp3) is 0.100. The van der Waals surface area contributed by atoms with Crippen molar-refractivity contribution in [2.24, 2.45) is 0 Å². The topological polar surface area (TPSA) is 104 Å². The van der Waals surface area contributed by atoms with E-state index in [1.165, 1.54) is 23.5 Å². The molecule has 1 heterocycles. The summed E-state index contributed by atoms with van der Waals surface area (Å²) in [6.45, 7) is -0.362. The van der Waals surface area contributed by atoms with Gasteiger partial charge in [0.15, 0.2) is 6.61 Å². The molecule has 7 nitrogen and oxygen atoms in total. The first-order valence-corrected chi connectivity index (χ1v) is 9.33. The van der Waals surface area contributed by atoms with E-state index in [0.29, 0.717) is 21.8 Å². The molecule has 146 valence electrons. The molecule has 2 amide bonds. The second-order valence-electron chi connectivity index (χ2n) is 5.82. The molecule has 0 aliphatic rings. The second kappa shape index (κ2) is 9.43. The molecule has 0 fully saturated rings. The number of amides is 2. The molecule has 0 unspecified atom stereocenters. The lowest BCUT2D eigenvalue weighted by Gasteiger charge is -2.09. The minimum Gasteiger partial charge on any atom is -0.482 e. The van der Waals surface area contributed by atoms with E-state index in [2.05, 4.69) is 15.8 Å². The maximum absolute atomic E-state index is 13.3. The largest absolute Gasteiger partial charge is 0.482 e. The van der Waals surface area contributed by atoms with Crippen LogP contribution in [-0.2, 0) is 16.0 Å². The first-order valence-electron chi connectivity index (χ1n) is 8.45. The molecule has 0 saturated heterocycles. The lowest BCUT2D eigenvalue weighted by molar-refractivity contribution is -0.129. The molecule has 3 rings (SSSR count). The van der Waals surface area contributed by atoms with Crippen molar-refractivity contribution >= 4 is 23.2 Å². The Labute approximate surface area is 169 Å². The van der Waals surface area contributed by atoms with Gasteiger partial charge in [0, 0.05) is 10.9 Å². The number of nitrogens with zero attached hydrogens (tertiary/aromatic N) is 2. The van der Waals surface area contributed by atoms with E-state index in [-0.39, 0.29) is 24.6 Å². The first kappa shape index (κ1) is 20.0. The van der Waals surface area contributed by atoms with Gasteiger partial charge in [-0.3, -0.25) is 20.4 Å². The van der Waals surface area contributed by atoms with E-state index >= 15 is 0 Å². The summed E-state index contributed by atoms with van der Waals surface area (Å²) >= 11 is 1.30. The lowest BCUT2D eigenvalue weighted by Crippen LogP contribution is -2.44. The van der Waals surface area contributed by atoms with Crippen LogP contribution in [0, 0.1) is 17.1 Å². The van der Waals surface area contributed by atoms with Gasteiger partial charge in [-0.05, 0) is 24.3 Å². The van der Waals surface area contributed by atoms with E-state index in [1.54, 1.807) is 41.8 Å². The molecule has 2 aromatic carbocycles.